The van der Waals surface area contributed by atoms with Crippen LogP contribution < -0.4 is 25.2 Å². The van der Waals surface area contributed by atoms with E-state index in [0.717, 1.165) is 39.7 Å². The third-order valence-corrected chi connectivity index (χ3v) is 8.37. The van der Waals surface area contributed by atoms with Crippen LogP contribution in [0.2, 0.25) is 0 Å². The number of rotatable bonds is 9. The zero-order chi connectivity index (χ0) is 31.5. The van der Waals surface area contributed by atoms with Crippen LogP contribution in [0.25, 0.3) is 5.69 Å². The lowest BCUT2D eigenvalue weighted by Gasteiger charge is -2.28. The third-order valence-electron chi connectivity index (χ3n) is 8.05. The molecule has 1 fully saturated rings. The Morgan fingerprint density at radius 2 is 1.62 bits per heavy atom. The summed E-state index contributed by atoms with van der Waals surface area (Å²) in [6.07, 6.45) is 1.81. The van der Waals surface area contributed by atoms with E-state index < -0.39 is 0 Å². The molecule has 6 rings (SSSR count). The van der Waals surface area contributed by atoms with E-state index in [2.05, 4.69) is 69.2 Å². The highest BCUT2D eigenvalue weighted by atomic mass is 32.1. The number of thiocarbonyl (C=S) groups is 1. The van der Waals surface area contributed by atoms with Crippen molar-refractivity contribution >= 4 is 40.3 Å². The minimum Gasteiger partial charge on any atom is -0.484 e. The first-order chi connectivity index (χ1) is 21.8. The van der Waals surface area contributed by atoms with Crippen LogP contribution in [0.1, 0.15) is 34.7 Å². The average Bonchev–Trinajstić information content (AvgIpc) is 3.55. The summed E-state index contributed by atoms with van der Waals surface area (Å²) in [6, 6.07) is 33.5. The lowest BCUT2D eigenvalue weighted by Crippen LogP contribution is -2.29. The number of anilines is 3. The minimum atomic E-state index is -0.232. The molecule has 0 radical (unpaired) electrons. The van der Waals surface area contributed by atoms with Gasteiger partial charge in [0.2, 0.25) is 0 Å². The SMILES string of the molecule is Cc1cc([C@H]2[C@H](c3ccccn3)NC(=S)N2c2ccc(NC(=O)COc3ccccc3)cc2)c(C)n1-c1ccc(N(C)C)cc1. The second kappa shape index (κ2) is 12.8. The van der Waals surface area contributed by atoms with Crippen LogP contribution in [0.4, 0.5) is 17.1 Å². The number of ether oxygens (including phenoxy) is 1. The number of hydrogen-bond acceptors (Lipinski definition) is 5. The van der Waals surface area contributed by atoms with Crippen LogP contribution >= 0.6 is 12.2 Å². The molecule has 3 heterocycles. The molecule has 1 amide bonds. The van der Waals surface area contributed by atoms with Crippen LogP contribution in [0.5, 0.6) is 5.75 Å². The van der Waals surface area contributed by atoms with E-state index >= 15 is 0 Å². The van der Waals surface area contributed by atoms with Crippen LogP contribution in [-0.4, -0.2) is 41.3 Å². The Bertz CT molecular complexity index is 1790. The van der Waals surface area contributed by atoms with Crippen molar-refractivity contribution in [2.45, 2.75) is 25.9 Å². The standard InChI is InChI=1S/C36H36N6O2S/c1-24-22-31(25(2)41(24)28-19-17-27(18-20-28)40(3)4)35-34(32-12-8-9-21-37-32)39-36(45)42(35)29-15-13-26(14-16-29)38-33(43)23-44-30-10-6-5-7-11-30/h5-22,34-35H,23H2,1-4H3,(H,38,43)(H,39,45)/t34-,35-/m0/s1. The Labute approximate surface area is 269 Å². The predicted octanol–water partition coefficient (Wildman–Crippen LogP) is 6.75. The topological polar surface area (TPSA) is 74.7 Å². The summed E-state index contributed by atoms with van der Waals surface area (Å²) in [6.45, 7) is 4.22. The number of para-hydroxylation sites is 1. The van der Waals surface area contributed by atoms with Crippen LogP contribution in [0.3, 0.4) is 0 Å². The number of aromatic nitrogens is 2. The van der Waals surface area contributed by atoms with Gasteiger partial charge < -0.3 is 29.7 Å². The number of hydrogen-bond donors (Lipinski definition) is 2. The lowest BCUT2D eigenvalue weighted by molar-refractivity contribution is -0.118. The van der Waals surface area contributed by atoms with Gasteiger partial charge in [-0.25, -0.2) is 0 Å². The summed E-state index contributed by atoms with van der Waals surface area (Å²) in [7, 11) is 4.09. The van der Waals surface area contributed by atoms with Gasteiger partial charge in [-0.05, 0) is 110 Å². The number of pyridine rings is 1. The highest BCUT2D eigenvalue weighted by Gasteiger charge is 2.42. The van der Waals surface area contributed by atoms with E-state index in [-0.39, 0.29) is 24.6 Å². The Hall–Kier alpha value is -5.15. The van der Waals surface area contributed by atoms with Crippen molar-refractivity contribution < 1.29 is 9.53 Å². The van der Waals surface area contributed by atoms with Crippen molar-refractivity contribution in [3.63, 3.8) is 0 Å². The summed E-state index contributed by atoms with van der Waals surface area (Å²) in [5.41, 5.74) is 8.18. The smallest absolute Gasteiger partial charge is 0.262 e. The van der Waals surface area contributed by atoms with Gasteiger partial charge in [0, 0.05) is 54.4 Å². The normalized spacial score (nSPS) is 15.9. The molecule has 0 bridgehead atoms. The first kappa shape index (κ1) is 29.9. The molecule has 228 valence electrons. The van der Waals surface area contributed by atoms with Gasteiger partial charge in [0.25, 0.3) is 5.91 Å². The third kappa shape index (κ3) is 6.25. The Morgan fingerprint density at radius 1 is 0.933 bits per heavy atom. The van der Waals surface area contributed by atoms with E-state index in [1.807, 2.05) is 93.1 Å². The fourth-order valence-corrected chi connectivity index (χ4v) is 6.25. The maximum absolute atomic E-state index is 12.6. The molecule has 1 saturated heterocycles. The van der Waals surface area contributed by atoms with Gasteiger partial charge in [0.05, 0.1) is 17.8 Å². The largest absolute Gasteiger partial charge is 0.484 e. The summed E-state index contributed by atoms with van der Waals surface area (Å²) in [4.78, 5) is 21.5. The van der Waals surface area contributed by atoms with Gasteiger partial charge in [-0.2, -0.15) is 0 Å². The van der Waals surface area contributed by atoms with Gasteiger partial charge in [-0.1, -0.05) is 24.3 Å². The Morgan fingerprint density at radius 3 is 2.29 bits per heavy atom. The number of carbonyl (C=O) groups excluding carboxylic acids is 1. The zero-order valence-corrected chi connectivity index (χ0v) is 26.6. The van der Waals surface area contributed by atoms with Crippen molar-refractivity contribution in [3.8, 4) is 11.4 Å². The van der Waals surface area contributed by atoms with Gasteiger partial charge >= 0.3 is 0 Å². The molecule has 2 aromatic heterocycles. The zero-order valence-electron chi connectivity index (χ0n) is 25.8. The van der Waals surface area contributed by atoms with Crippen LogP contribution in [0.15, 0.2) is 109 Å². The van der Waals surface area contributed by atoms with Crippen molar-refractivity contribution in [2.75, 3.05) is 35.8 Å². The molecule has 1 aliphatic heterocycles. The van der Waals surface area contributed by atoms with Crippen LogP contribution in [0, 0.1) is 13.8 Å². The molecule has 9 heteroatoms. The quantitative estimate of drug-likeness (QED) is 0.178. The summed E-state index contributed by atoms with van der Waals surface area (Å²) in [5.74, 6) is 0.417. The molecule has 2 N–H and O–H groups in total. The average molecular weight is 617 g/mol. The number of carbonyl (C=O) groups is 1. The molecular formula is C36H36N6O2S. The van der Waals surface area contributed by atoms with Crippen LogP contribution in [-0.2, 0) is 4.79 Å². The van der Waals surface area contributed by atoms with Gasteiger partial charge in [-0.3, -0.25) is 9.78 Å². The lowest BCUT2D eigenvalue weighted by atomic mass is 9.96. The number of amides is 1. The summed E-state index contributed by atoms with van der Waals surface area (Å²) in [5, 5.41) is 7.09. The van der Waals surface area contributed by atoms with Crippen molar-refractivity contribution in [3.05, 3.63) is 132 Å². The van der Waals surface area contributed by atoms with E-state index in [1.165, 1.54) is 0 Å². The van der Waals surface area contributed by atoms with E-state index in [9.17, 15) is 4.79 Å². The molecule has 0 spiro atoms. The molecule has 5 aromatic rings. The summed E-state index contributed by atoms with van der Waals surface area (Å²) < 4.78 is 7.88. The van der Waals surface area contributed by atoms with Crippen molar-refractivity contribution in [1.82, 2.24) is 14.9 Å². The highest BCUT2D eigenvalue weighted by Crippen LogP contribution is 2.44. The molecular weight excluding hydrogens is 581 g/mol. The van der Waals surface area contributed by atoms with Gasteiger partial charge in [-0.15, -0.1) is 0 Å². The molecule has 8 nitrogen and oxygen atoms in total. The second-order valence-electron chi connectivity index (χ2n) is 11.3. The maximum atomic E-state index is 12.6. The number of benzene rings is 3. The highest BCUT2D eigenvalue weighted by molar-refractivity contribution is 7.80. The molecule has 0 saturated carbocycles. The van der Waals surface area contributed by atoms with Crippen molar-refractivity contribution in [1.29, 1.82) is 0 Å². The fraction of sp³-hybridized carbons (Fsp3) is 0.194. The van der Waals surface area contributed by atoms with E-state index in [0.29, 0.717) is 16.5 Å². The first-order valence-electron chi connectivity index (χ1n) is 14.8. The number of nitrogens with zero attached hydrogens (tertiary/aromatic N) is 4. The molecule has 1 aliphatic rings. The summed E-state index contributed by atoms with van der Waals surface area (Å²) >= 11 is 5.96. The first-order valence-corrected chi connectivity index (χ1v) is 15.3. The van der Waals surface area contributed by atoms with E-state index in [4.69, 9.17) is 21.9 Å². The second-order valence-corrected chi connectivity index (χ2v) is 11.7. The molecule has 3 aromatic carbocycles. The van der Waals surface area contributed by atoms with Gasteiger partial charge in [0.15, 0.2) is 11.7 Å². The predicted molar refractivity (Wildman–Crippen MR) is 185 cm³/mol. The monoisotopic (exact) mass is 616 g/mol. The molecule has 0 aliphatic carbocycles. The minimum absolute atomic E-state index is 0.0762. The fourth-order valence-electron chi connectivity index (χ4n) is 5.90. The number of nitrogens with one attached hydrogen (secondary N) is 2. The van der Waals surface area contributed by atoms with E-state index in [1.54, 1.807) is 0 Å². The Balaban J connectivity index is 1.30. The molecule has 2 atom stereocenters. The van der Waals surface area contributed by atoms with Crippen molar-refractivity contribution in [2.24, 2.45) is 0 Å². The Kier molecular flexibility index (Phi) is 8.53. The maximum Gasteiger partial charge on any atom is 0.262 e. The van der Waals surface area contributed by atoms with Gasteiger partial charge in [0.1, 0.15) is 5.75 Å². The molecule has 0 unspecified atom stereocenters. The molecule has 45 heavy (non-hydrogen) atoms. The number of aryl methyl sites for hydroxylation is 1.